The van der Waals surface area contributed by atoms with E-state index in [1.807, 2.05) is 45.0 Å². The number of carbonyl (C=O) groups excluding carboxylic acids is 2. The number of amides is 1. The maximum atomic E-state index is 14.1. The fraction of sp³-hybridized carbons (Fsp3) is 0.412. The zero-order chi connectivity index (χ0) is 33.5. The largest absolute Gasteiger partial charge is 0.492 e. The molecule has 1 heterocycles. The first-order valence-corrected chi connectivity index (χ1v) is 16.8. The number of hydrogen-bond acceptors (Lipinski definition) is 9. The van der Waals surface area contributed by atoms with E-state index in [1.165, 1.54) is 21.1 Å². The van der Waals surface area contributed by atoms with Crippen LogP contribution in [0.15, 0.2) is 54.6 Å². The molecule has 0 atom stereocenters. The van der Waals surface area contributed by atoms with Crippen LogP contribution in [0.2, 0.25) is 0 Å². The molecule has 2 N–H and O–H groups in total. The lowest BCUT2D eigenvalue weighted by molar-refractivity contribution is -0.134. The summed E-state index contributed by atoms with van der Waals surface area (Å²) in [4.78, 5) is 29.0. The second kappa shape index (κ2) is 15.0. The van der Waals surface area contributed by atoms with Crippen LogP contribution in [0.3, 0.4) is 0 Å². The fourth-order valence-electron chi connectivity index (χ4n) is 5.06. The first-order chi connectivity index (χ1) is 21.9. The van der Waals surface area contributed by atoms with Gasteiger partial charge in [0.15, 0.2) is 5.75 Å². The average Bonchev–Trinajstić information content (AvgIpc) is 3.03. The number of hydrogen-bond donors (Lipinski definition) is 2. The predicted molar refractivity (Wildman–Crippen MR) is 180 cm³/mol. The molecule has 1 saturated heterocycles. The van der Waals surface area contributed by atoms with E-state index in [2.05, 4.69) is 14.9 Å². The van der Waals surface area contributed by atoms with Gasteiger partial charge in [-0.05, 0) is 53.1 Å². The van der Waals surface area contributed by atoms with Gasteiger partial charge in [-0.3, -0.25) is 14.4 Å². The van der Waals surface area contributed by atoms with Crippen molar-refractivity contribution in [2.24, 2.45) is 0 Å². The van der Waals surface area contributed by atoms with E-state index in [1.54, 1.807) is 24.3 Å². The Kier molecular flexibility index (Phi) is 11.3. The third-order valence-corrected chi connectivity index (χ3v) is 8.99. The Bertz CT molecular complexity index is 1710. The van der Waals surface area contributed by atoms with Gasteiger partial charge in [-0.15, -0.1) is 0 Å². The van der Waals surface area contributed by atoms with E-state index in [-0.39, 0.29) is 28.5 Å². The van der Waals surface area contributed by atoms with E-state index in [9.17, 15) is 18.0 Å². The molecule has 46 heavy (non-hydrogen) atoms. The number of anilines is 2. The highest BCUT2D eigenvalue weighted by Gasteiger charge is 2.25. The lowest BCUT2D eigenvalue weighted by Crippen LogP contribution is -2.38. The Hall–Kier alpha value is -4.13. The lowest BCUT2D eigenvalue weighted by Gasteiger charge is -2.26. The molecule has 11 nitrogen and oxygen atoms in total. The molecule has 1 amide bonds. The number of benzene rings is 3. The van der Waals surface area contributed by atoms with Crippen molar-refractivity contribution in [1.29, 1.82) is 0 Å². The van der Waals surface area contributed by atoms with Crippen LogP contribution >= 0.6 is 0 Å². The van der Waals surface area contributed by atoms with Gasteiger partial charge in [-0.25, -0.2) is 13.2 Å². The zero-order valence-corrected chi connectivity index (χ0v) is 28.1. The van der Waals surface area contributed by atoms with Crippen molar-refractivity contribution in [3.63, 3.8) is 0 Å². The van der Waals surface area contributed by atoms with Crippen LogP contribution in [0.1, 0.15) is 38.8 Å². The number of nitrogens with zero attached hydrogens (tertiary/aromatic N) is 1. The summed E-state index contributed by atoms with van der Waals surface area (Å²) in [6.45, 7) is 11.8. The van der Waals surface area contributed by atoms with Crippen LogP contribution in [-0.4, -0.2) is 84.6 Å². The number of methoxy groups -OCH3 is 2. The maximum absolute atomic E-state index is 14.1. The zero-order valence-electron chi connectivity index (χ0n) is 27.3. The molecule has 4 rings (SSSR count). The first-order valence-electron chi connectivity index (χ1n) is 15.2. The Morgan fingerprint density at radius 2 is 1.67 bits per heavy atom. The average molecular weight is 654 g/mol. The Morgan fingerprint density at radius 1 is 1.00 bits per heavy atom. The highest BCUT2D eigenvalue weighted by molar-refractivity contribution is 7.92. The predicted octanol–water partition coefficient (Wildman–Crippen LogP) is 4.81. The molecule has 3 aromatic carbocycles. The van der Waals surface area contributed by atoms with Crippen LogP contribution in [0.25, 0.3) is 16.3 Å². The number of morpholine rings is 1. The van der Waals surface area contributed by atoms with E-state index >= 15 is 0 Å². The van der Waals surface area contributed by atoms with Gasteiger partial charge in [0, 0.05) is 31.1 Å². The van der Waals surface area contributed by atoms with Crippen molar-refractivity contribution in [3.05, 3.63) is 65.7 Å². The van der Waals surface area contributed by atoms with Crippen molar-refractivity contribution in [2.45, 2.75) is 33.1 Å². The van der Waals surface area contributed by atoms with Crippen molar-refractivity contribution < 1.29 is 37.0 Å². The third kappa shape index (κ3) is 8.56. The molecular weight excluding hydrogens is 610 g/mol. The van der Waals surface area contributed by atoms with Crippen LogP contribution in [-0.2, 0) is 34.5 Å². The van der Waals surface area contributed by atoms with E-state index in [0.717, 1.165) is 36.7 Å². The molecule has 3 aromatic rings. The Balaban J connectivity index is 1.74. The molecule has 0 unspecified atom stereocenters. The Labute approximate surface area is 270 Å². The summed E-state index contributed by atoms with van der Waals surface area (Å²) in [6, 6.07) is 14.4. The third-order valence-electron chi connectivity index (χ3n) is 7.70. The van der Waals surface area contributed by atoms with E-state index in [0.29, 0.717) is 36.5 Å². The second-order valence-electron chi connectivity index (χ2n) is 11.9. The quantitative estimate of drug-likeness (QED) is 0.209. The molecule has 1 aliphatic rings. The maximum Gasteiger partial charge on any atom is 0.331 e. The van der Waals surface area contributed by atoms with Gasteiger partial charge in [0.05, 0.1) is 50.1 Å². The summed E-state index contributed by atoms with van der Waals surface area (Å²) < 4.78 is 49.8. The fourth-order valence-corrected chi connectivity index (χ4v) is 5.69. The van der Waals surface area contributed by atoms with Crippen molar-refractivity contribution >= 4 is 49.6 Å². The first kappa shape index (κ1) is 34.7. The normalized spacial score (nSPS) is 14.5. The van der Waals surface area contributed by atoms with Crippen molar-refractivity contribution in [1.82, 2.24) is 4.90 Å². The van der Waals surface area contributed by atoms with Gasteiger partial charge in [0.2, 0.25) is 10.0 Å². The number of carbonyl (C=O) groups is 2. The highest BCUT2D eigenvalue weighted by atomic mass is 32.2. The molecule has 0 aromatic heterocycles. The monoisotopic (exact) mass is 653 g/mol. The minimum absolute atomic E-state index is 0.0434. The number of esters is 1. The number of fused-ring (bicyclic) bond motifs is 1. The summed E-state index contributed by atoms with van der Waals surface area (Å²) in [5, 5.41) is 4.34. The number of rotatable bonds is 12. The molecule has 0 saturated carbocycles. The molecule has 12 heteroatoms. The SMILES string of the molecule is CCS(=O)(=O)Nc1cc(C(C)(C)C)cc(NC(=O)C(=CC(=O)OC)c2ccc(OCCN3CCOCC3)c3ccccc23)c1OC. The smallest absolute Gasteiger partial charge is 0.331 e. The summed E-state index contributed by atoms with van der Waals surface area (Å²) in [6.07, 6.45) is 1.14. The molecule has 0 bridgehead atoms. The highest BCUT2D eigenvalue weighted by Crippen LogP contribution is 2.40. The van der Waals surface area contributed by atoms with Crippen LogP contribution in [0.4, 0.5) is 11.4 Å². The van der Waals surface area contributed by atoms with Gasteiger partial charge in [0.25, 0.3) is 5.91 Å². The lowest BCUT2D eigenvalue weighted by atomic mass is 9.86. The van der Waals surface area contributed by atoms with Gasteiger partial charge < -0.3 is 24.3 Å². The van der Waals surface area contributed by atoms with Gasteiger partial charge in [-0.2, -0.15) is 0 Å². The summed E-state index contributed by atoms with van der Waals surface area (Å²) in [5.74, 6) is -0.705. The number of ether oxygens (including phenoxy) is 4. The Morgan fingerprint density at radius 3 is 2.30 bits per heavy atom. The summed E-state index contributed by atoms with van der Waals surface area (Å²) in [5.41, 5.74) is 1.29. The van der Waals surface area contributed by atoms with E-state index in [4.69, 9.17) is 18.9 Å². The number of nitrogens with one attached hydrogen (secondary N) is 2. The molecular formula is C34H43N3O8S. The van der Waals surface area contributed by atoms with Crippen LogP contribution in [0.5, 0.6) is 11.5 Å². The molecule has 1 fully saturated rings. The molecule has 0 aliphatic carbocycles. The topological polar surface area (TPSA) is 132 Å². The second-order valence-corrected chi connectivity index (χ2v) is 13.9. The van der Waals surface area contributed by atoms with Gasteiger partial charge in [-0.1, -0.05) is 45.0 Å². The standard InChI is InChI=1S/C34H43N3O8S/c1-7-46(40,41)36-29-21-23(34(2,3)4)20-28(32(29)43-6)35-33(39)27(22-31(38)42-5)25-12-13-30(26-11-9-8-10-24(25)26)45-19-16-37-14-17-44-18-15-37/h8-13,20-22,36H,7,14-19H2,1-6H3,(H,35,39). The van der Waals surface area contributed by atoms with E-state index < -0.39 is 27.3 Å². The summed E-state index contributed by atoms with van der Waals surface area (Å²) >= 11 is 0. The van der Waals surface area contributed by atoms with Crippen molar-refractivity contribution in [3.8, 4) is 11.5 Å². The van der Waals surface area contributed by atoms with Gasteiger partial charge in [0.1, 0.15) is 12.4 Å². The van der Waals surface area contributed by atoms with Crippen molar-refractivity contribution in [2.75, 3.05) is 69.5 Å². The van der Waals surface area contributed by atoms with Crippen LogP contribution in [0, 0.1) is 0 Å². The molecule has 0 radical (unpaired) electrons. The molecule has 0 spiro atoms. The molecule has 248 valence electrons. The minimum atomic E-state index is -3.67. The van der Waals surface area contributed by atoms with Crippen LogP contribution < -0.4 is 19.5 Å². The minimum Gasteiger partial charge on any atom is -0.492 e. The number of sulfonamides is 1. The molecule has 1 aliphatic heterocycles. The van der Waals surface area contributed by atoms with Gasteiger partial charge >= 0.3 is 5.97 Å². The summed E-state index contributed by atoms with van der Waals surface area (Å²) in [7, 11) is -1.04.